The molecule has 0 bridgehead atoms. The number of hydrogen-bond acceptors (Lipinski definition) is 11. The van der Waals surface area contributed by atoms with E-state index in [1.165, 1.54) is 17.7 Å². The second-order valence-electron chi connectivity index (χ2n) is 10.1. The molecular formula is C28H35N7O4S. The number of methoxy groups -OCH3 is 3. The lowest BCUT2D eigenvalue weighted by Crippen LogP contribution is -2.33. The van der Waals surface area contributed by atoms with Gasteiger partial charge in [0.05, 0.1) is 51.2 Å². The fourth-order valence-corrected chi connectivity index (χ4v) is 6.64. The zero-order chi connectivity index (χ0) is 27.6. The molecule has 4 aromatic rings. The van der Waals surface area contributed by atoms with Gasteiger partial charge in [-0.3, -0.25) is 4.90 Å². The van der Waals surface area contributed by atoms with E-state index in [0.29, 0.717) is 34.8 Å². The number of rotatable bonds is 10. The summed E-state index contributed by atoms with van der Waals surface area (Å²) < 4.78 is 18.4. The topological polar surface area (TPSA) is 110 Å². The SMILES string of the molecule is COc1cc(-n2cnc(Nc3nc(N4CCCC4CO)nc4sc(CN5CCCC5)cc34)c2)cc(OC)c1OC. The van der Waals surface area contributed by atoms with Gasteiger partial charge in [0.1, 0.15) is 22.8 Å². The van der Waals surface area contributed by atoms with Crippen LogP contribution in [0.3, 0.4) is 0 Å². The highest BCUT2D eigenvalue weighted by Gasteiger charge is 2.28. The number of thiophene rings is 1. The largest absolute Gasteiger partial charge is 0.493 e. The minimum absolute atomic E-state index is 0.0357. The van der Waals surface area contributed by atoms with E-state index in [-0.39, 0.29) is 12.6 Å². The van der Waals surface area contributed by atoms with E-state index < -0.39 is 0 Å². The predicted molar refractivity (Wildman–Crippen MR) is 156 cm³/mol. The Labute approximate surface area is 237 Å². The van der Waals surface area contributed by atoms with E-state index in [2.05, 4.69) is 26.2 Å². The lowest BCUT2D eigenvalue weighted by Gasteiger charge is -2.23. The number of aliphatic hydroxyl groups is 1. The third-order valence-corrected chi connectivity index (χ3v) is 8.65. The number of anilines is 3. The number of fused-ring (bicyclic) bond motifs is 1. The molecule has 12 heteroatoms. The molecule has 2 saturated heterocycles. The summed E-state index contributed by atoms with van der Waals surface area (Å²) in [4.78, 5) is 21.4. The Hall–Kier alpha value is -3.61. The molecule has 3 aromatic heterocycles. The molecule has 212 valence electrons. The summed E-state index contributed by atoms with van der Waals surface area (Å²) in [5.74, 6) is 3.67. The number of ether oxygens (including phenoxy) is 3. The van der Waals surface area contributed by atoms with Gasteiger partial charge in [-0.25, -0.2) is 9.97 Å². The molecule has 0 saturated carbocycles. The zero-order valence-corrected chi connectivity index (χ0v) is 23.9. The van der Waals surface area contributed by atoms with Gasteiger partial charge in [-0.15, -0.1) is 11.3 Å². The number of benzene rings is 1. The van der Waals surface area contributed by atoms with Crippen LogP contribution < -0.4 is 24.4 Å². The highest BCUT2D eigenvalue weighted by Crippen LogP contribution is 2.40. The van der Waals surface area contributed by atoms with Crippen LogP contribution in [-0.2, 0) is 6.54 Å². The van der Waals surface area contributed by atoms with Crippen molar-refractivity contribution in [1.29, 1.82) is 0 Å². The number of likely N-dealkylation sites (tertiary alicyclic amines) is 1. The van der Waals surface area contributed by atoms with E-state index in [9.17, 15) is 5.11 Å². The van der Waals surface area contributed by atoms with Crippen molar-refractivity contribution >= 4 is 39.1 Å². The molecule has 5 heterocycles. The highest BCUT2D eigenvalue weighted by atomic mass is 32.1. The van der Waals surface area contributed by atoms with E-state index in [1.807, 2.05) is 22.9 Å². The first-order valence-corrected chi connectivity index (χ1v) is 14.4. The predicted octanol–water partition coefficient (Wildman–Crippen LogP) is 4.20. The Kier molecular flexibility index (Phi) is 7.63. The Bertz CT molecular complexity index is 1460. The van der Waals surface area contributed by atoms with Gasteiger partial charge >= 0.3 is 0 Å². The van der Waals surface area contributed by atoms with Crippen LogP contribution in [0, 0.1) is 0 Å². The number of aromatic nitrogens is 4. The Morgan fingerprint density at radius 2 is 1.77 bits per heavy atom. The Morgan fingerprint density at radius 1 is 1.00 bits per heavy atom. The molecule has 2 aliphatic rings. The molecule has 2 fully saturated rings. The van der Waals surface area contributed by atoms with Gasteiger partial charge in [-0.1, -0.05) is 0 Å². The zero-order valence-electron chi connectivity index (χ0n) is 23.1. The van der Waals surface area contributed by atoms with Crippen LogP contribution in [0.15, 0.2) is 30.7 Å². The van der Waals surface area contributed by atoms with E-state index in [1.54, 1.807) is 39.0 Å². The van der Waals surface area contributed by atoms with Crippen molar-refractivity contribution < 1.29 is 19.3 Å². The fourth-order valence-electron chi connectivity index (χ4n) is 5.58. The molecule has 2 aliphatic heterocycles. The molecule has 2 N–H and O–H groups in total. The van der Waals surface area contributed by atoms with Crippen molar-refractivity contribution in [3.63, 3.8) is 0 Å². The lowest BCUT2D eigenvalue weighted by atomic mass is 10.2. The van der Waals surface area contributed by atoms with Crippen LogP contribution >= 0.6 is 11.3 Å². The minimum Gasteiger partial charge on any atom is -0.493 e. The van der Waals surface area contributed by atoms with Gasteiger partial charge in [0, 0.05) is 30.1 Å². The summed E-state index contributed by atoms with van der Waals surface area (Å²) in [7, 11) is 4.78. The van der Waals surface area contributed by atoms with Gasteiger partial charge in [-0.05, 0) is 44.8 Å². The number of nitrogens with zero attached hydrogens (tertiary/aromatic N) is 6. The van der Waals surface area contributed by atoms with Crippen molar-refractivity contribution in [3.05, 3.63) is 35.6 Å². The standard InChI is InChI=1S/C28H35N7O4S/c1-37-22-11-19(12-23(38-2)25(22)39-3)34-15-24(29-17-34)30-26-21-13-20(14-33-8-4-5-9-33)40-27(21)32-28(31-26)35-10-6-7-18(35)16-36/h11-13,15,17-18,36H,4-10,14,16H2,1-3H3,(H,30,31,32). The van der Waals surface area contributed by atoms with Crippen LogP contribution in [0.1, 0.15) is 30.6 Å². The molecule has 11 nitrogen and oxygen atoms in total. The van der Waals surface area contributed by atoms with Crippen molar-refractivity contribution in [1.82, 2.24) is 24.4 Å². The van der Waals surface area contributed by atoms with Crippen molar-refractivity contribution in [2.24, 2.45) is 0 Å². The molecular weight excluding hydrogens is 530 g/mol. The second-order valence-corrected chi connectivity index (χ2v) is 11.2. The maximum atomic E-state index is 9.94. The second kappa shape index (κ2) is 11.5. The first-order chi connectivity index (χ1) is 19.6. The lowest BCUT2D eigenvalue weighted by molar-refractivity contribution is 0.265. The molecule has 0 radical (unpaired) electrons. The fraction of sp³-hybridized carbons (Fsp3) is 0.464. The smallest absolute Gasteiger partial charge is 0.229 e. The monoisotopic (exact) mass is 565 g/mol. The van der Waals surface area contributed by atoms with Crippen LogP contribution in [0.25, 0.3) is 15.9 Å². The summed E-state index contributed by atoms with van der Waals surface area (Å²) >= 11 is 1.72. The van der Waals surface area contributed by atoms with Crippen molar-refractivity contribution in [3.8, 4) is 22.9 Å². The Balaban J connectivity index is 1.35. The van der Waals surface area contributed by atoms with E-state index >= 15 is 0 Å². The van der Waals surface area contributed by atoms with E-state index in [4.69, 9.17) is 24.2 Å². The quantitative estimate of drug-likeness (QED) is 0.290. The van der Waals surface area contributed by atoms with Gasteiger partial charge in [0.25, 0.3) is 0 Å². The minimum atomic E-state index is 0.0357. The van der Waals surface area contributed by atoms with Gasteiger partial charge in [0.15, 0.2) is 11.5 Å². The van der Waals surface area contributed by atoms with Crippen molar-refractivity contribution in [2.45, 2.75) is 38.3 Å². The number of hydrogen-bond donors (Lipinski definition) is 2. The van der Waals surface area contributed by atoms with E-state index in [0.717, 1.165) is 54.9 Å². The van der Waals surface area contributed by atoms with Crippen molar-refractivity contribution in [2.75, 3.05) is 57.8 Å². The molecule has 0 aliphatic carbocycles. The van der Waals surface area contributed by atoms with Crippen LogP contribution in [-0.4, -0.2) is 83.1 Å². The van der Waals surface area contributed by atoms with Gasteiger partial charge in [0.2, 0.25) is 11.7 Å². The van der Waals surface area contributed by atoms with Crippen LogP contribution in [0.4, 0.5) is 17.6 Å². The third-order valence-electron chi connectivity index (χ3n) is 7.63. The molecule has 1 unspecified atom stereocenters. The number of nitrogens with one attached hydrogen (secondary N) is 1. The van der Waals surface area contributed by atoms with Crippen LogP contribution in [0.2, 0.25) is 0 Å². The highest BCUT2D eigenvalue weighted by molar-refractivity contribution is 7.18. The molecule has 1 aromatic carbocycles. The first-order valence-electron chi connectivity index (χ1n) is 13.6. The molecule has 1 atom stereocenters. The summed E-state index contributed by atoms with van der Waals surface area (Å²) in [6.45, 7) is 4.13. The third kappa shape index (κ3) is 5.14. The number of imidazole rings is 1. The molecule has 6 rings (SSSR count). The number of aliphatic hydroxyl groups excluding tert-OH is 1. The average molecular weight is 566 g/mol. The Morgan fingerprint density at radius 3 is 2.48 bits per heavy atom. The van der Waals surface area contributed by atoms with Gasteiger partial charge < -0.3 is 34.1 Å². The molecule has 40 heavy (non-hydrogen) atoms. The summed E-state index contributed by atoms with van der Waals surface area (Å²) in [5.41, 5.74) is 0.815. The maximum Gasteiger partial charge on any atom is 0.229 e. The maximum absolute atomic E-state index is 9.94. The summed E-state index contributed by atoms with van der Waals surface area (Å²) in [6.07, 6.45) is 8.10. The molecule has 0 spiro atoms. The summed E-state index contributed by atoms with van der Waals surface area (Å²) in [6, 6.07) is 5.99. The first kappa shape index (κ1) is 26.6. The van der Waals surface area contributed by atoms with Crippen LogP contribution in [0.5, 0.6) is 17.2 Å². The normalized spacial score (nSPS) is 17.6. The molecule has 0 amide bonds. The summed E-state index contributed by atoms with van der Waals surface area (Å²) in [5, 5.41) is 14.4. The van der Waals surface area contributed by atoms with Gasteiger partial charge in [-0.2, -0.15) is 4.98 Å². The average Bonchev–Trinajstić information content (AvgIpc) is 3.79.